The lowest BCUT2D eigenvalue weighted by atomic mass is 10.1. The second-order valence-corrected chi connectivity index (χ2v) is 9.22. The van der Waals surface area contributed by atoms with Crippen LogP contribution in [0, 0.1) is 20.8 Å². The largest absolute Gasteiger partial charge is 0.466 e. The Labute approximate surface area is 202 Å². The maximum atomic E-state index is 13.7. The van der Waals surface area contributed by atoms with E-state index in [1.165, 1.54) is 0 Å². The van der Waals surface area contributed by atoms with Crippen LogP contribution < -0.4 is 0 Å². The van der Waals surface area contributed by atoms with Crippen LogP contribution in [0.2, 0.25) is 0 Å². The SMILES string of the molecule is Cc1cc(C(=O)N2CCN(C(=O)c3cc(-c4cc(C)oc4C)nc4c3cnn4C(C)C)CC2)on1. The molecule has 2 amide bonds. The summed E-state index contributed by atoms with van der Waals surface area (Å²) in [6.45, 7) is 11.3. The third-order valence-corrected chi connectivity index (χ3v) is 6.30. The summed E-state index contributed by atoms with van der Waals surface area (Å²) in [6, 6.07) is 5.47. The molecule has 5 rings (SSSR count). The molecule has 4 aromatic heterocycles. The van der Waals surface area contributed by atoms with Gasteiger partial charge in [0.2, 0.25) is 5.76 Å². The number of amides is 2. The van der Waals surface area contributed by atoms with Gasteiger partial charge in [-0.25, -0.2) is 9.67 Å². The van der Waals surface area contributed by atoms with Crippen molar-refractivity contribution in [3.8, 4) is 11.3 Å². The van der Waals surface area contributed by atoms with Crippen molar-refractivity contribution in [2.45, 2.75) is 40.7 Å². The number of hydrogen-bond donors (Lipinski definition) is 0. The molecule has 1 saturated heterocycles. The minimum absolute atomic E-state index is 0.0830. The van der Waals surface area contributed by atoms with Gasteiger partial charge in [-0.1, -0.05) is 5.16 Å². The number of pyridine rings is 1. The van der Waals surface area contributed by atoms with Crippen LogP contribution in [0.5, 0.6) is 0 Å². The molecule has 0 atom stereocenters. The highest BCUT2D eigenvalue weighted by atomic mass is 16.5. The zero-order chi connectivity index (χ0) is 24.9. The number of carbonyl (C=O) groups excluding carboxylic acids is 2. The molecule has 10 heteroatoms. The van der Waals surface area contributed by atoms with Gasteiger partial charge in [-0.05, 0) is 46.8 Å². The molecular formula is C25H28N6O4. The number of fused-ring (bicyclic) bond motifs is 1. The Hall–Kier alpha value is -3.95. The summed E-state index contributed by atoms with van der Waals surface area (Å²) in [5, 5.41) is 9.01. The smallest absolute Gasteiger partial charge is 0.292 e. The van der Waals surface area contributed by atoms with Gasteiger partial charge in [0.25, 0.3) is 11.8 Å². The highest BCUT2D eigenvalue weighted by Crippen LogP contribution is 2.30. The first-order chi connectivity index (χ1) is 16.7. The molecule has 0 bridgehead atoms. The molecule has 0 N–H and O–H groups in total. The zero-order valence-corrected chi connectivity index (χ0v) is 20.5. The van der Waals surface area contributed by atoms with Crippen molar-refractivity contribution < 1.29 is 18.5 Å². The van der Waals surface area contributed by atoms with Gasteiger partial charge in [-0.3, -0.25) is 9.59 Å². The first-order valence-corrected chi connectivity index (χ1v) is 11.7. The molecule has 0 radical (unpaired) electrons. The zero-order valence-electron chi connectivity index (χ0n) is 20.5. The summed E-state index contributed by atoms with van der Waals surface area (Å²) in [7, 11) is 0. The molecule has 0 unspecified atom stereocenters. The maximum Gasteiger partial charge on any atom is 0.292 e. The average Bonchev–Trinajstić information content (AvgIpc) is 3.55. The fourth-order valence-corrected chi connectivity index (χ4v) is 4.50. The van der Waals surface area contributed by atoms with Crippen LogP contribution in [0.4, 0.5) is 0 Å². The highest BCUT2D eigenvalue weighted by Gasteiger charge is 2.29. The van der Waals surface area contributed by atoms with Gasteiger partial charge in [-0.15, -0.1) is 0 Å². The number of hydrogen-bond acceptors (Lipinski definition) is 7. The normalized spacial score (nSPS) is 14.3. The summed E-state index contributed by atoms with van der Waals surface area (Å²) in [5.41, 5.74) is 3.39. The minimum Gasteiger partial charge on any atom is -0.466 e. The lowest BCUT2D eigenvalue weighted by molar-refractivity contribution is 0.0513. The van der Waals surface area contributed by atoms with Gasteiger partial charge in [0.1, 0.15) is 11.5 Å². The van der Waals surface area contributed by atoms with Crippen molar-refractivity contribution in [1.82, 2.24) is 29.7 Å². The molecule has 0 aliphatic carbocycles. The Morgan fingerprint density at radius 2 is 1.66 bits per heavy atom. The standard InChI is InChI=1S/C25H28N6O4/c1-14(2)31-23-20(13-26-31)19(12-21(27-23)18-11-16(4)34-17(18)5)24(32)29-6-8-30(9-7-29)25(33)22-10-15(3)28-35-22/h10-14H,6-9H2,1-5H3. The predicted molar refractivity (Wildman–Crippen MR) is 128 cm³/mol. The molecular weight excluding hydrogens is 448 g/mol. The minimum atomic E-state index is -0.213. The van der Waals surface area contributed by atoms with Crippen molar-refractivity contribution in [2.75, 3.05) is 26.2 Å². The molecule has 1 fully saturated rings. The predicted octanol–water partition coefficient (Wildman–Crippen LogP) is 3.78. The Balaban J connectivity index is 1.45. The van der Waals surface area contributed by atoms with Crippen molar-refractivity contribution >= 4 is 22.8 Å². The molecule has 182 valence electrons. The summed E-state index contributed by atoms with van der Waals surface area (Å²) >= 11 is 0. The van der Waals surface area contributed by atoms with Crippen molar-refractivity contribution in [3.63, 3.8) is 0 Å². The number of carbonyl (C=O) groups is 2. The number of aryl methyl sites for hydroxylation is 3. The third-order valence-electron chi connectivity index (χ3n) is 6.30. The molecule has 10 nitrogen and oxygen atoms in total. The number of rotatable bonds is 4. The Bertz CT molecular complexity index is 1420. The van der Waals surface area contributed by atoms with Gasteiger partial charge < -0.3 is 18.7 Å². The Morgan fingerprint density at radius 1 is 0.971 bits per heavy atom. The van der Waals surface area contributed by atoms with Crippen LogP contribution in [0.3, 0.4) is 0 Å². The summed E-state index contributed by atoms with van der Waals surface area (Å²) in [4.78, 5) is 34.7. The van der Waals surface area contributed by atoms with Crippen molar-refractivity contribution in [3.05, 3.63) is 52.9 Å². The van der Waals surface area contributed by atoms with E-state index in [0.29, 0.717) is 54.2 Å². The van der Waals surface area contributed by atoms with E-state index in [4.69, 9.17) is 13.9 Å². The molecule has 35 heavy (non-hydrogen) atoms. The fourth-order valence-electron chi connectivity index (χ4n) is 4.50. The van der Waals surface area contributed by atoms with Gasteiger partial charge in [0, 0.05) is 43.9 Å². The molecule has 4 aromatic rings. The number of nitrogens with zero attached hydrogens (tertiary/aromatic N) is 6. The van der Waals surface area contributed by atoms with Crippen LogP contribution in [0.25, 0.3) is 22.3 Å². The quantitative estimate of drug-likeness (QED) is 0.441. The number of furan rings is 1. The van der Waals surface area contributed by atoms with Crippen LogP contribution in [-0.4, -0.2) is 67.7 Å². The maximum absolute atomic E-state index is 13.7. The van der Waals surface area contributed by atoms with E-state index in [1.807, 2.05) is 44.5 Å². The molecule has 0 saturated carbocycles. The second kappa shape index (κ2) is 8.68. The van der Waals surface area contributed by atoms with E-state index in [0.717, 1.165) is 17.1 Å². The van der Waals surface area contributed by atoms with Crippen molar-refractivity contribution in [1.29, 1.82) is 0 Å². The lowest BCUT2D eigenvalue weighted by Gasteiger charge is -2.34. The van der Waals surface area contributed by atoms with E-state index < -0.39 is 0 Å². The monoisotopic (exact) mass is 476 g/mol. The van der Waals surface area contributed by atoms with Gasteiger partial charge in [-0.2, -0.15) is 5.10 Å². The van der Waals surface area contributed by atoms with E-state index in [9.17, 15) is 9.59 Å². The summed E-state index contributed by atoms with van der Waals surface area (Å²) in [6.07, 6.45) is 1.71. The molecule has 1 aliphatic rings. The van der Waals surface area contributed by atoms with Gasteiger partial charge in [0.15, 0.2) is 5.65 Å². The molecule has 5 heterocycles. The summed E-state index contributed by atoms with van der Waals surface area (Å²) < 4.78 is 12.7. The van der Waals surface area contributed by atoms with E-state index >= 15 is 0 Å². The molecule has 0 spiro atoms. The first-order valence-electron chi connectivity index (χ1n) is 11.7. The van der Waals surface area contributed by atoms with Crippen LogP contribution in [0.1, 0.15) is 58.0 Å². The topological polar surface area (TPSA) is 110 Å². The van der Waals surface area contributed by atoms with Crippen LogP contribution >= 0.6 is 0 Å². The average molecular weight is 477 g/mol. The second-order valence-electron chi connectivity index (χ2n) is 9.22. The molecule has 0 aromatic carbocycles. The van der Waals surface area contributed by atoms with E-state index in [-0.39, 0.29) is 23.6 Å². The third kappa shape index (κ3) is 4.09. The van der Waals surface area contributed by atoms with Crippen LogP contribution in [-0.2, 0) is 0 Å². The Morgan fingerprint density at radius 3 is 2.23 bits per heavy atom. The summed E-state index contributed by atoms with van der Waals surface area (Å²) in [5.74, 6) is 1.43. The van der Waals surface area contributed by atoms with Gasteiger partial charge >= 0.3 is 0 Å². The first kappa shape index (κ1) is 22.8. The van der Waals surface area contributed by atoms with Crippen molar-refractivity contribution in [2.24, 2.45) is 0 Å². The van der Waals surface area contributed by atoms with E-state index in [2.05, 4.69) is 10.3 Å². The molecule has 1 aliphatic heterocycles. The lowest BCUT2D eigenvalue weighted by Crippen LogP contribution is -2.50. The van der Waals surface area contributed by atoms with Crippen LogP contribution in [0.15, 0.2) is 33.3 Å². The highest BCUT2D eigenvalue weighted by molar-refractivity contribution is 6.06. The van der Waals surface area contributed by atoms with Gasteiger partial charge in [0.05, 0.1) is 28.5 Å². The van der Waals surface area contributed by atoms with E-state index in [1.54, 1.807) is 29.0 Å². The Kier molecular flexibility index (Phi) is 5.66. The number of aromatic nitrogens is 4. The fraction of sp³-hybridized carbons (Fsp3) is 0.400. The number of piperazine rings is 1.